The lowest BCUT2D eigenvalue weighted by atomic mass is 9.43. The van der Waals surface area contributed by atoms with Crippen LogP contribution < -0.4 is 4.74 Å². The zero-order chi connectivity index (χ0) is 23.8. The second kappa shape index (κ2) is 7.32. The highest BCUT2D eigenvalue weighted by atomic mass is 16.5. The number of piperidine rings is 1. The van der Waals surface area contributed by atoms with Crippen LogP contribution in [0.25, 0.3) is 0 Å². The fraction of sp³-hybridized carbons (Fsp3) is 0.552. The number of likely N-dealkylation sites (N-methyl/N-ethyl adjacent to an activating group) is 1. The molecule has 1 saturated heterocycles. The molecule has 4 aliphatic rings. The van der Waals surface area contributed by atoms with Crippen LogP contribution in [0, 0.1) is 0 Å². The smallest absolute Gasteiger partial charge is 0.184 e. The number of phenols is 1. The highest BCUT2D eigenvalue weighted by molar-refractivity contribution is 5.94. The lowest BCUT2D eigenvalue weighted by Crippen LogP contribution is -2.84. The number of hydrogen-bond donors (Lipinski definition) is 1. The monoisotopic (exact) mass is 462 g/mol. The van der Waals surface area contributed by atoms with E-state index in [0.29, 0.717) is 25.2 Å². The normalized spacial score (nSPS) is 34.4. The lowest BCUT2D eigenvalue weighted by molar-refractivity contribution is -0.932. The summed E-state index contributed by atoms with van der Waals surface area (Å²) in [4.78, 5) is 14.1. The molecule has 1 saturated carbocycles. The van der Waals surface area contributed by atoms with Gasteiger partial charge in [-0.1, -0.05) is 49.7 Å². The van der Waals surface area contributed by atoms with Crippen molar-refractivity contribution < 1.29 is 23.9 Å². The standard InChI is InChI=1S/C29H35NO4/c1-4-5-17-33-28-14-13-24(32)29(19-20-9-7-6-8-10-20)27(28)15-16-30(2,3)23(28)18-21-11-12-22(31)26(34-29)25(21)27/h6-12,23H,4-5,13-19H2,1-3H3/p+1/t23-,27-,28-,29+/m1/s1. The van der Waals surface area contributed by atoms with Gasteiger partial charge in [-0.05, 0) is 30.0 Å². The average Bonchev–Trinajstić information content (AvgIpc) is 3.13. The number of unbranched alkanes of at least 4 members (excludes halogenated alkanes) is 1. The summed E-state index contributed by atoms with van der Waals surface area (Å²) in [6.45, 7) is 3.83. The first-order valence-electron chi connectivity index (χ1n) is 12.9. The Bertz CT molecular complexity index is 1140. The van der Waals surface area contributed by atoms with E-state index in [1.807, 2.05) is 18.2 Å². The van der Waals surface area contributed by atoms with Gasteiger partial charge in [0.25, 0.3) is 0 Å². The van der Waals surface area contributed by atoms with E-state index < -0.39 is 16.6 Å². The maximum atomic E-state index is 14.1. The van der Waals surface area contributed by atoms with Gasteiger partial charge in [0.1, 0.15) is 11.6 Å². The summed E-state index contributed by atoms with van der Waals surface area (Å²) in [5.74, 6) is 0.821. The summed E-state index contributed by atoms with van der Waals surface area (Å²) < 4.78 is 14.8. The van der Waals surface area contributed by atoms with E-state index >= 15 is 0 Å². The van der Waals surface area contributed by atoms with E-state index in [1.54, 1.807) is 6.07 Å². The molecule has 2 fully saturated rings. The van der Waals surface area contributed by atoms with Gasteiger partial charge in [0.15, 0.2) is 22.9 Å². The minimum atomic E-state index is -1.06. The number of nitrogens with zero attached hydrogens (tertiary/aromatic N) is 1. The van der Waals surface area contributed by atoms with Crippen molar-refractivity contribution in [1.29, 1.82) is 0 Å². The van der Waals surface area contributed by atoms with E-state index in [-0.39, 0.29) is 17.6 Å². The van der Waals surface area contributed by atoms with Crippen molar-refractivity contribution in [3.05, 3.63) is 59.2 Å². The van der Waals surface area contributed by atoms with Gasteiger partial charge in [-0.3, -0.25) is 4.79 Å². The number of Topliss-reactive ketones (excluding diaryl/α,β-unsaturated/α-hetero) is 1. The van der Waals surface area contributed by atoms with E-state index in [1.165, 1.54) is 5.56 Å². The number of carbonyl (C=O) groups excluding carboxylic acids is 1. The third-order valence-electron chi connectivity index (χ3n) is 9.52. The third-order valence-corrected chi connectivity index (χ3v) is 9.52. The van der Waals surface area contributed by atoms with Crippen LogP contribution >= 0.6 is 0 Å². The molecule has 180 valence electrons. The van der Waals surface area contributed by atoms with Gasteiger partial charge in [-0.25, -0.2) is 0 Å². The molecule has 4 atom stereocenters. The maximum absolute atomic E-state index is 14.1. The highest BCUT2D eigenvalue weighted by Gasteiger charge is 2.82. The number of likely N-dealkylation sites (tertiary alicyclic amines) is 1. The molecule has 5 heteroatoms. The molecule has 0 radical (unpaired) electrons. The molecular formula is C29H36NO4+. The molecule has 5 nitrogen and oxygen atoms in total. The molecule has 0 amide bonds. The second-order valence-corrected chi connectivity index (χ2v) is 11.4. The molecule has 2 aromatic rings. The topological polar surface area (TPSA) is 55.8 Å². The Morgan fingerprint density at radius 2 is 1.94 bits per heavy atom. The molecule has 2 aromatic carbocycles. The van der Waals surface area contributed by atoms with Gasteiger partial charge in [0, 0.05) is 37.9 Å². The van der Waals surface area contributed by atoms with E-state index in [2.05, 4.69) is 39.2 Å². The number of rotatable bonds is 6. The molecule has 2 heterocycles. The van der Waals surface area contributed by atoms with E-state index in [4.69, 9.17) is 9.47 Å². The van der Waals surface area contributed by atoms with Crippen LogP contribution in [0.5, 0.6) is 11.5 Å². The number of hydrogen-bond acceptors (Lipinski definition) is 4. The summed E-state index contributed by atoms with van der Waals surface area (Å²) in [7, 11) is 4.64. The first kappa shape index (κ1) is 22.1. The summed E-state index contributed by atoms with van der Waals surface area (Å²) in [6.07, 6.45) is 5.42. The first-order valence-corrected chi connectivity index (χ1v) is 12.9. The average molecular weight is 463 g/mol. The van der Waals surface area contributed by atoms with Crippen LogP contribution in [0.1, 0.15) is 55.7 Å². The molecule has 0 unspecified atom stereocenters. The molecule has 1 spiro atoms. The molecule has 6 rings (SSSR count). The Labute approximate surface area is 202 Å². The first-order chi connectivity index (χ1) is 16.3. The molecule has 1 N–H and O–H groups in total. The number of ketones is 1. The number of ether oxygens (including phenoxy) is 2. The van der Waals surface area contributed by atoms with Gasteiger partial charge in [0.2, 0.25) is 0 Å². The maximum Gasteiger partial charge on any atom is 0.184 e. The van der Waals surface area contributed by atoms with Crippen molar-refractivity contribution in [2.24, 2.45) is 0 Å². The second-order valence-electron chi connectivity index (χ2n) is 11.4. The molecule has 34 heavy (non-hydrogen) atoms. The van der Waals surface area contributed by atoms with Gasteiger partial charge < -0.3 is 19.1 Å². The van der Waals surface area contributed by atoms with Crippen LogP contribution in [0.15, 0.2) is 42.5 Å². The predicted molar refractivity (Wildman–Crippen MR) is 130 cm³/mol. The predicted octanol–water partition coefficient (Wildman–Crippen LogP) is 4.33. The number of carbonyl (C=O) groups is 1. The molecule has 2 aliphatic carbocycles. The minimum absolute atomic E-state index is 0.142. The Morgan fingerprint density at radius 3 is 2.71 bits per heavy atom. The Morgan fingerprint density at radius 1 is 1.15 bits per heavy atom. The van der Waals surface area contributed by atoms with Gasteiger partial charge in [-0.15, -0.1) is 0 Å². The zero-order valence-electron chi connectivity index (χ0n) is 20.6. The van der Waals surface area contributed by atoms with Crippen LogP contribution in [-0.2, 0) is 27.8 Å². The molecular weight excluding hydrogens is 426 g/mol. The highest BCUT2D eigenvalue weighted by Crippen LogP contribution is 2.70. The zero-order valence-corrected chi connectivity index (χ0v) is 20.6. The van der Waals surface area contributed by atoms with Crippen molar-refractivity contribution in [3.8, 4) is 11.5 Å². The lowest BCUT2D eigenvalue weighted by Gasteiger charge is -2.67. The molecule has 0 aromatic heterocycles. The SMILES string of the molecule is CCCCO[C@@]12CCC(=O)[C@]3(Cc4ccccc4)Oc4c(O)ccc5c4[C@@]31CC[N+](C)(C)[C@@H]2C5. The number of quaternary nitrogens is 1. The summed E-state index contributed by atoms with van der Waals surface area (Å²) in [5.41, 5.74) is 1.20. The Hall–Kier alpha value is -2.37. The van der Waals surface area contributed by atoms with Crippen molar-refractivity contribution in [1.82, 2.24) is 0 Å². The largest absolute Gasteiger partial charge is 0.504 e. The van der Waals surface area contributed by atoms with E-state index in [9.17, 15) is 9.90 Å². The summed E-state index contributed by atoms with van der Waals surface area (Å²) >= 11 is 0. The fourth-order valence-corrected chi connectivity index (χ4v) is 8.03. The van der Waals surface area contributed by atoms with Crippen molar-refractivity contribution >= 4 is 5.78 Å². The summed E-state index contributed by atoms with van der Waals surface area (Å²) in [5, 5.41) is 11.0. The summed E-state index contributed by atoms with van der Waals surface area (Å²) in [6, 6.07) is 14.3. The Balaban J connectivity index is 1.65. The van der Waals surface area contributed by atoms with E-state index in [0.717, 1.165) is 54.3 Å². The van der Waals surface area contributed by atoms with Gasteiger partial charge in [-0.2, -0.15) is 0 Å². The van der Waals surface area contributed by atoms with Crippen LogP contribution in [0.2, 0.25) is 0 Å². The fourth-order valence-electron chi connectivity index (χ4n) is 8.03. The third kappa shape index (κ3) is 2.55. The van der Waals surface area contributed by atoms with Gasteiger partial charge in [0.05, 0.1) is 26.1 Å². The number of phenolic OH excluding ortho intramolecular Hbond substituents is 1. The quantitative estimate of drug-likeness (QED) is 0.513. The van der Waals surface area contributed by atoms with Crippen LogP contribution in [0.4, 0.5) is 0 Å². The van der Waals surface area contributed by atoms with Crippen molar-refractivity contribution in [2.75, 3.05) is 27.2 Å². The number of benzene rings is 2. The van der Waals surface area contributed by atoms with Crippen LogP contribution in [-0.4, -0.2) is 59.9 Å². The van der Waals surface area contributed by atoms with Crippen molar-refractivity contribution in [2.45, 2.75) is 74.5 Å². The van der Waals surface area contributed by atoms with Gasteiger partial charge >= 0.3 is 0 Å². The minimum Gasteiger partial charge on any atom is -0.504 e. The number of aromatic hydroxyl groups is 1. The molecule has 2 bridgehead atoms. The molecule has 2 aliphatic heterocycles. The Kier molecular flexibility index (Phi) is 4.76. The van der Waals surface area contributed by atoms with Crippen LogP contribution in [0.3, 0.4) is 0 Å². The van der Waals surface area contributed by atoms with Crippen molar-refractivity contribution in [3.63, 3.8) is 0 Å².